The molecule has 2 aromatic heterocycles. The van der Waals surface area contributed by atoms with Gasteiger partial charge in [-0.25, -0.2) is 0 Å². The van der Waals surface area contributed by atoms with Gasteiger partial charge in [-0.15, -0.1) is 0 Å². The van der Waals surface area contributed by atoms with Crippen molar-refractivity contribution in [3.63, 3.8) is 0 Å². The van der Waals surface area contributed by atoms with Gasteiger partial charge in [-0.05, 0) is 32.4 Å². The SMILES string of the molecule is Cc1noc(C)c1CN1CC2CC(C(=O)Nc3cccnc3)C(C1)O2. The van der Waals surface area contributed by atoms with E-state index in [0.717, 1.165) is 48.8 Å². The molecule has 25 heavy (non-hydrogen) atoms. The van der Waals surface area contributed by atoms with Gasteiger partial charge in [0.2, 0.25) is 5.91 Å². The number of nitrogens with one attached hydrogen (secondary N) is 1. The fraction of sp³-hybridized carbons (Fsp3) is 0.500. The molecule has 0 spiro atoms. The van der Waals surface area contributed by atoms with Crippen LogP contribution in [0.1, 0.15) is 23.4 Å². The number of anilines is 1. The fourth-order valence-corrected chi connectivity index (χ4v) is 3.77. The fourth-order valence-electron chi connectivity index (χ4n) is 3.77. The molecular weight excluding hydrogens is 320 g/mol. The van der Waals surface area contributed by atoms with Crippen LogP contribution in [0.3, 0.4) is 0 Å². The molecule has 2 bridgehead atoms. The lowest BCUT2D eigenvalue weighted by Crippen LogP contribution is -2.44. The second kappa shape index (κ2) is 6.57. The van der Waals surface area contributed by atoms with Crippen molar-refractivity contribution in [1.29, 1.82) is 0 Å². The molecule has 3 unspecified atom stereocenters. The molecule has 2 aromatic rings. The summed E-state index contributed by atoms with van der Waals surface area (Å²) in [5.41, 5.74) is 2.79. The highest BCUT2D eigenvalue weighted by Gasteiger charge is 2.44. The molecule has 0 aromatic carbocycles. The van der Waals surface area contributed by atoms with Crippen LogP contribution < -0.4 is 5.32 Å². The summed E-state index contributed by atoms with van der Waals surface area (Å²) in [7, 11) is 0. The maximum Gasteiger partial charge on any atom is 0.230 e. The zero-order valence-corrected chi connectivity index (χ0v) is 14.4. The standard InChI is InChI=1S/C18H22N4O3/c1-11-16(12(2)25-21-11)9-22-8-14-6-15(17(10-22)24-14)18(23)20-13-4-3-5-19-7-13/h3-5,7,14-15,17H,6,8-10H2,1-2H3,(H,20,23). The molecule has 4 rings (SSSR count). The maximum absolute atomic E-state index is 12.6. The minimum Gasteiger partial charge on any atom is -0.371 e. The first kappa shape index (κ1) is 16.2. The normalized spacial score (nSPS) is 25.9. The number of ether oxygens (including phenoxy) is 1. The van der Waals surface area contributed by atoms with E-state index < -0.39 is 0 Å². The van der Waals surface area contributed by atoms with Gasteiger partial charge in [-0.1, -0.05) is 5.16 Å². The Kier molecular flexibility index (Phi) is 4.27. The first-order valence-corrected chi connectivity index (χ1v) is 8.60. The van der Waals surface area contributed by atoms with Crippen molar-refractivity contribution in [3.05, 3.63) is 41.5 Å². The van der Waals surface area contributed by atoms with Crippen molar-refractivity contribution in [2.45, 2.75) is 39.0 Å². The lowest BCUT2D eigenvalue weighted by molar-refractivity contribution is -0.123. The van der Waals surface area contributed by atoms with E-state index in [0.29, 0.717) is 0 Å². The van der Waals surface area contributed by atoms with Crippen molar-refractivity contribution in [1.82, 2.24) is 15.0 Å². The summed E-state index contributed by atoms with van der Waals surface area (Å²) in [6, 6.07) is 3.65. The first-order chi connectivity index (χ1) is 12.1. The number of carbonyl (C=O) groups is 1. The molecule has 0 aliphatic carbocycles. The molecule has 2 aliphatic rings. The molecule has 1 N–H and O–H groups in total. The Bertz CT molecular complexity index is 741. The summed E-state index contributed by atoms with van der Waals surface area (Å²) in [6.45, 7) is 6.26. The number of nitrogens with zero attached hydrogens (tertiary/aromatic N) is 3. The van der Waals surface area contributed by atoms with Crippen LogP contribution in [0.15, 0.2) is 29.0 Å². The quantitative estimate of drug-likeness (QED) is 0.914. The van der Waals surface area contributed by atoms with Gasteiger partial charge in [0.15, 0.2) is 0 Å². The monoisotopic (exact) mass is 342 g/mol. The van der Waals surface area contributed by atoms with E-state index in [1.165, 1.54) is 0 Å². The van der Waals surface area contributed by atoms with E-state index >= 15 is 0 Å². The molecule has 3 atom stereocenters. The molecule has 7 heteroatoms. The third-order valence-corrected chi connectivity index (χ3v) is 5.06. The second-order valence-corrected chi connectivity index (χ2v) is 6.87. The van der Waals surface area contributed by atoms with Crippen LogP contribution in [-0.4, -0.2) is 46.2 Å². The number of hydrogen-bond donors (Lipinski definition) is 1. The van der Waals surface area contributed by atoms with Crippen molar-refractivity contribution in [3.8, 4) is 0 Å². The van der Waals surface area contributed by atoms with E-state index in [1.807, 2.05) is 26.0 Å². The third-order valence-electron chi connectivity index (χ3n) is 5.06. The van der Waals surface area contributed by atoms with Gasteiger partial charge in [-0.3, -0.25) is 14.7 Å². The van der Waals surface area contributed by atoms with E-state index in [9.17, 15) is 4.79 Å². The second-order valence-electron chi connectivity index (χ2n) is 6.87. The Hall–Kier alpha value is -2.25. The van der Waals surface area contributed by atoms with Gasteiger partial charge < -0.3 is 14.6 Å². The van der Waals surface area contributed by atoms with Crippen LogP contribution in [0.2, 0.25) is 0 Å². The van der Waals surface area contributed by atoms with E-state index in [4.69, 9.17) is 9.26 Å². The average Bonchev–Trinajstić information content (AvgIpc) is 3.08. The largest absolute Gasteiger partial charge is 0.371 e. The van der Waals surface area contributed by atoms with Crippen LogP contribution in [0.4, 0.5) is 5.69 Å². The predicted molar refractivity (Wildman–Crippen MR) is 90.9 cm³/mol. The van der Waals surface area contributed by atoms with Crippen LogP contribution in [0.5, 0.6) is 0 Å². The smallest absolute Gasteiger partial charge is 0.230 e. The summed E-state index contributed by atoms with van der Waals surface area (Å²) < 4.78 is 11.3. The number of rotatable bonds is 4. The number of amides is 1. The van der Waals surface area contributed by atoms with Crippen LogP contribution in [-0.2, 0) is 16.1 Å². The lowest BCUT2D eigenvalue weighted by Gasteiger charge is -2.32. The topological polar surface area (TPSA) is 80.5 Å². The number of pyridine rings is 1. The Morgan fingerprint density at radius 1 is 1.40 bits per heavy atom. The van der Waals surface area contributed by atoms with Gasteiger partial charge in [0, 0.05) is 31.4 Å². The zero-order chi connectivity index (χ0) is 17.4. The molecular formula is C18H22N4O3. The molecule has 0 radical (unpaired) electrons. The van der Waals surface area contributed by atoms with Crippen LogP contribution >= 0.6 is 0 Å². The zero-order valence-electron chi connectivity index (χ0n) is 14.4. The van der Waals surface area contributed by atoms with E-state index in [-0.39, 0.29) is 24.0 Å². The minimum atomic E-state index is -0.125. The van der Waals surface area contributed by atoms with Crippen molar-refractivity contribution >= 4 is 11.6 Å². The molecule has 4 heterocycles. The van der Waals surface area contributed by atoms with E-state index in [2.05, 4.69) is 20.4 Å². The first-order valence-electron chi connectivity index (χ1n) is 8.60. The Labute approximate surface area is 146 Å². The lowest BCUT2D eigenvalue weighted by atomic mass is 9.99. The Morgan fingerprint density at radius 2 is 2.28 bits per heavy atom. The highest BCUT2D eigenvalue weighted by Crippen LogP contribution is 2.33. The molecule has 132 valence electrons. The molecule has 2 saturated heterocycles. The summed E-state index contributed by atoms with van der Waals surface area (Å²) in [5, 5.41) is 6.97. The number of morpholine rings is 1. The van der Waals surface area contributed by atoms with Crippen LogP contribution in [0.25, 0.3) is 0 Å². The van der Waals surface area contributed by atoms with Gasteiger partial charge in [0.25, 0.3) is 0 Å². The third kappa shape index (κ3) is 3.29. The van der Waals surface area contributed by atoms with Crippen molar-refractivity contribution in [2.75, 3.05) is 18.4 Å². The number of aromatic nitrogens is 2. The molecule has 2 aliphatic heterocycles. The molecule has 0 saturated carbocycles. The Morgan fingerprint density at radius 3 is 3.00 bits per heavy atom. The van der Waals surface area contributed by atoms with Gasteiger partial charge in [-0.2, -0.15) is 0 Å². The highest BCUT2D eigenvalue weighted by molar-refractivity contribution is 5.93. The Balaban J connectivity index is 1.41. The van der Waals surface area contributed by atoms with Gasteiger partial charge in [0.1, 0.15) is 5.76 Å². The number of carbonyl (C=O) groups excluding carboxylic acids is 1. The summed E-state index contributed by atoms with van der Waals surface area (Å²) in [4.78, 5) is 19.0. The predicted octanol–water partition coefficient (Wildman–Crippen LogP) is 1.91. The summed E-state index contributed by atoms with van der Waals surface area (Å²) >= 11 is 0. The number of hydrogen-bond acceptors (Lipinski definition) is 6. The molecule has 2 fully saturated rings. The maximum atomic E-state index is 12.6. The molecule has 1 amide bonds. The molecule has 7 nitrogen and oxygen atoms in total. The minimum absolute atomic E-state index is 0.0136. The average molecular weight is 342 g/mol. The van der Waals surface area contributed by atoms with Crippen molar-refractivity contribution < 1.29 is 14.1 Å². The van der Waals surface area contributed by atoms with Crippen molar-refractivity contribution in [2.24, 2.45) is 5.92 Å². The number of likely N-dealkylation sites (tertiary alicyclic amines) is 1. The van der Waals surface area contributed by atoms with E-state index in [1.54, 1.807) is 12.4 Å². The van der Waals surface area contributed by atoms with Crippen LogP contribution in [0, 0.1) is 19.8 Å². The highest BCUT2D eigenvalue weighted by atomic mass is 16.5. The number of aryl methyl sites for hydroxylation is 2. The van der Waals surface area contributed by atoms with Gasteiger partial charge in [0.05, 0.1) is 35.7 Å². The summed E-state index contributed by atoms with van der Waals surface area (Å²) in [6.07, 6.45) is 4.13. The summed E-state index contributed by atoms with van der Waals surface area (Å²) in [5.74, 6) is 0.752. The number of fused-ring (bicyclic) bond motifs is 2. The van der Waals surface area contributed by atoms with Gasteiger partial charge >= 0.3 is 0 Å².